The molecule has 1 aliphatic rings. The van der Waals surface area contributed by atoms with E-state index in [1.165, 1.54) is 11.4 Å². The number of carbonyl (C=O) groups excluding carboxylic acids is 1. The monoisotopic (exact) mass is 417 g/mol. The molecule has 3 rings (SSSR count). The average Bonchev–Trinajstić information content (AvgIpc) is 2.77. The Morgan fingerprint density at radius 2 is 1.72 bits per heavy atom. The van der Waals surface area contributed by atoms with Crippen LogP contribution in [0.15, 0.2) is 59.5 Å². The van der Waals surface area contributed by atoms with E-state index in [9.17, 15) is 13.2 Å². The second-order valence-corrected chi connectivity index (χ2v) is 8.87. The maximum absolute atomic E-state index is 12.7. The van der Waals surface area contributed by atoms with E-state index in [0.717, 1.165) is 39.3 Å². The Hall–Kier alpha value is -2.42. The number of rotatable bonds is 8. The summed E-state index contributed by atoms with van der Waals surface area (Å²) in [4.78, 5) is 14.9. The van der Waals surface area contributed by atoms with Gasteiger partial charge in [0, 0.05) is 32.2 Å². The first-order valence-electron chi connectivity index (χ1n) is 9.71. The summed E-state index contributed by atoms with van der Waals surface area (Å²) in [5.74, 6) is -0.160. The normalized spacial score (nSPS) is 15.1. The van der Waals surface area contributed by atoms with Crippen molar-refractivity contribution in [3.05, 3.63) is 60.2 Å². The molecule has 29 heavy (non-hydrogen) atoms. The molecule has 0 bridgehead atoms. The summed E-state index contributed by atoms with van der Waals surface area (Å²) in [6.45, 7) is 4.95. The number of anilines is 1. The standard InChI is InChI=1S/C21H27N3O4S/c1-23(29(26,27)20-6-3-2-4-7-20)19-10-8-18(9-11-19)21(25)22-12-5-13-24-14-16-28-17-15-24/h2-4,6-11H,5,12-17H2,1H3,(H,22,25). The Bertz CT molecular complexity index is 895. The van der Waals surface area contributed by atoms with Crippen LogP contribution in [0.5, 0.6) is 0 Å². The van der Waals surface area contributed by atoms with Gasteiger partial charge >= 0.3 is 0 Å². The topological polar surface area (TPSA) is 79.0 Å². The molecule has 0 spiro atoms. The number of sulfonamides is 1. The van der Waals surface area contributed by atoms with E-state index in [0.29, 0.717) is 17.8 Å². The quantitative estimate of drug-likeness (QED) is 0.665. The van der Waals surface area contributed by atoms with Gasteiger partial charge in [-0.1, -0.05) is 18.2 Å². The molecule has 0 unspecified atom stereocenters. The van der Waals surface area contributed by atoms with E-state index in [1.54, 1.807) is 54.6 Å². The molecule has 156 valence electrons. The van der Waals surface area contributed by atoms with E-state index in [-0.39, 0.29) is 10.8 Å². The Morgan fingerprint density at radius 1 is 1.07 bits per heavy atom. The highest BCUT2D eigenvalue weighted by Gasteiger charge is 2.21. The van der Waals surface area contributed by atoms with E-state index in [1.807, 2.05) is 0 Å². The Balaban J connectivity index is 1.53. The van der Waals surface area contributed by atoms with E-state index >= 15 is 0 Å². The minimum Gasteiger partial charge on any atom is -0.379 e. The van der Waals surface area contributed by atoms with Crippen molar-refractivity contribution in [1.82, 2.24) is 10.2 Å². The Morgan fingerprint density at radius 3 is 2.38 bits per heavy atom. The van der Waals surface area contributed by atoms with Crippen molar-refractivity contribution in [2.24, 2.45) is 0 Å². The summed E-state index contributed by atoms with van der Waals surface area (Å²) in [6, 6.07) is 14.8. The molecule has 1 aliphatic heterocycles. The van der Waals surface area contributed by atoms with E-state index in [2.05, 4.69) is 10.2 Å². The number of carbonyl (C=O) groups is 1. The average molecular weight is 418 g/mol. The van der Waals surface area contributed by atoms with Crippen LogP contribution in [-0.2, 0) is 14.8 Å². The third-order valence-corrected chi connectivity index (χ3v) is 6.73. The number of hydrogen-bond acceptors (Lipinski definition) is 5. The lowest BCUT2D eigenvalue weighted by molar-refractivity contribution is 0.0374. The number of benzene rings is 2. The zero-order valence-corrected chi connectivity index (χ0v) is 17.4. The summed E-state index contributed by atoms with van der Waals surface area (Å²) in [5, 5.41) is 2.91. The fraction of sp³-hybridized carbons (Fsp3) is 0.381. The van der Waals surface area contributed by atoms with Gasteiger partial charge in [0.25, 0.3) is 15.9 Å². The van der Waals surface area contributed by atoms with Gasteiger partial charge in [0.1, 0.15) is 0 Å². The lowest BCUT2D eigenvalue weighted by Gasteiger charge is -2.26. The molecule has 7 nitrogen and oxygen atoms in total. The molecular formula is C21H27N3O4S. The lowest BCUT2D eigenvalue weighted by atomic mass is 10.2. The Kier molecular flexibility index (Phi) is 7.24. The molecule has 0 aliphatic carbocycles. The molecule has 0 radical (unpaired) electrons. The molecule has 1 fully saturated rings. The largest absolute Gasteiger partial charge is 0.379 e. The van der Waals surface area contributed by atoms with Crippen LogP contribution < -0.4 is 9.62 Å². The van der Waals surface area contributed by atoms with Gasteiger partial charge < -0.3 is 10.1 Å². The highest BCUT2D eigenvalue weighted by molar-refractivity contribution is 7.92. The van der Waals surface area contributed by atoms with Crippen LogP contribution in [-0.4, -0.2) is 65.7 Å². The molecule has 2 aromatic carbocycles. The van der Waals surface area contributed by atoms with Crippen molar-refractivity contribution in [2.45, 2.75) is 11.3 Å². The molecule has 1 amide bonds. The fourth-order valence-corrected chi connectivity index (χ4v) is 4.36. The zero-order chi connectivity index (χ0) is 20.7. The maximum atomic E-state index is 12.7. The smallest absolute Gasteiger partial charge is 0.264 e. The molecule has 1 heterocycles. The number of nitrogens with one attached hydrogen (secondary N) is 1. The van der Waals surface area contributed by atoms with Gasteiger partial charge in [-0.25, -0.2) is 8.42 Å². The van der Waals surface area contributed by atoms with Crippen molar-refractivity contribution in [3.8, 4) is 0 Å². The lowest BCUT2D eigenvalue weighted by Crippen LogP contribution is -2.38. The van der Waals surface area contributed by atoms with Crippen LogP contribution in [0.2, 0.25) is 0 Å². The molecular weight excluding hydrogens is 390 g/mol. The van der Waals surface area contributed by atoms with Gasteiger partial charge in [-0.05, 0) is 49.4 Å². The van der Waals surface area contributed by atoms with Gasteiger partial charge in [-0.15, -0.1) is 0 Å². The highest BCUT2D eigenvalue weighted by atomic mass is 32.2. The third kappa shape index (κ3) is 5.56. The van der Waals surface area contributed by atoms with Gasteiger partial charge in [-0.2, -0.15) is 0 Å². The minimum absolute atomic E-state index is 0.160. The second-order valence-electron chi connectivity index (χ2n) is 6.90. The van der Waals surface area contributed by atoms with Crippen molar-refractivity contribution >= 4 is 21.6 Å². The molecule has 1 saturated heterocycles. The van der Waals surface area contributed by atoms with Crippen molar-refractivity contribution in [1.29, 1.82) is 0 Å². The summed E-state index contributed by atoms with van der Waals surface area (Å²) in [5.41, 5.74) is 1.00. The SMILES string of the molecule is CN(c1ccc(C(=O)NCCCN2CCOCC2)cc1)S(=O)(=O)c1ccccc1. The second kappa shape index (κ2) is 9.87. The fourth-order valence-electron chi connectivity index (χ4n) is 3.14. The first kappa shape index (κ1) is 21.3. The molecule has 2 aromatic rings. The summed E-state index contributed by atoms with van der Waals surface area (Å²) >= 11 is 0. The predicted octanol–water partition coefficient (Wildman–Crippen LogP) is 1.96. The number of hydrogen-bond donors (Lipinski definition) is 1. The molecule has 8 heteroatoms. The van der Waals surface area contributed by atoms with Crippen LogP contribution in [0, 0.1) is 0 Å². The van der Waals surface area contributed by atoms with Gasteiger partial charge in [-0.3, -0.25) is 14.0 Å². The minimum atomic E-state index is -3.63. The predicted molar refractivity (Wildman–Crippen MR) is 113 cm³/mol. The van der Waals surface area contributed by atoms with Crippen molar-refractivity contribution < 1.29 is 17.9 Å². The van der Waals surface area contributed by atoms with Crippen molar-refractivity contribution in [2.75, 3.05) is 50.7 Å². The number of nitrogens with zero attached hydrogens (tertiary/aromatic N) is 2. The Labute approximate surface area is 172 Å². The van der Waals surface area contributed by atoms with Crippen LogP contribution >= 0.6 is 0 Å². The molecule has 0 atom stereocenters. The van der Waals surface area contributed by atoms with Gasteiger partial charge in [0.2, 0.25) is 0 Å². The summed E-state index contributed by atoms with van der Waals surface area (Å²) < 4.78 is 31.9. The van der Waals surface area contributed by atoms with E-state index < -0.39 is 10.0 Å². The van der Waals surface area contributed by atoms with E-state index in [4.69, 9.17) is 4.74 Å². The molecule has 0 aromatic heterocycles. The van der Waals surface area contributed by atoms with Crippen LogP contribution in [0.4, 0.5) is 5.69 Å². The van der Waals surface area contributed by atoms with Crippen molar-refractivity contribution in [3.63, 3.8) is 0 Å². The van der Waals surface area contributed by atoms with Crippen LogP contribution in [0.25, 0.3) is 0 Å². The summed E-state index contributed by atoms with van der Waals surface area (Å²) in [7, 11) is -2.13. The maximum Gasteiger partial charge on any atom is 0.264 e. The highest BCUT2D eigenvalue weighted by Crippen LogP contribution is 2.22. The molecule has 1 N–H and O–H groups in total. The van der Waals surface area contributed by atoms with Crippen LogP contribution in [0.1, 0.15) is 16.8 Å². The number of ether oxygens (including phenoxy) is 1. The number of morpholine rings is 1. The van der Waals surface area contributed by atoms with Gasteiger partial charge in [0.05, 0.1) is 23.8 Å². The number of amides is 1. The van der Waals surface area contributed by atoms with Crippen LogP contribution in [0.3, 0.4) is 0 Å². The molecule has 0 saturated carbocycles. The first-order chi connectivity index (χ1) is 14.0. The summed E-state index contributed by atoms with van der Waals surface area (Å²) in [6.07, 6.45) is 0.877. The van der Waals surface area contributed by atoms with Gasteiger partial charge in [0.15, 0.2) is 0 Å². The first-order valence-corrected chi connectivity index (χ1v) is 11.1. The third-order valence-electron chi connectivity index (χ3n) is 4.94. The zero-order valence-electron chi connectivity index (χ0n) is 16.6.